The van der Waals surface area contributed by atoms with Gasteiger partial charge in [-0.2, -0.15) is 0 Å². The van der Waals surface area contributed by atoms with Gasteiger partial charge in [0.15, 0.2) is 6.10 Å². The van der Waals surface area contributed by atoms with Crippen molar-refractivity contribution in [3.05, 3.63) is 54.3 Å². The molecule has 0 aliphatic rings. The lowest BCUT2D eigenvalue weighted by atomic mass is 10.1. The van der Waals surface area contributed by atoms with Crippen molar-refractivity contribution in [1.82, 2.24) is 0 Å². The van der Waals surface area contributed by atoms with Crippen LogP contribution in [0.1, 0.15) is 19.4 Å². The number of nitrogens with one attached hydrogen (secondary N) is 2. The average Bonchev–Trinajstić information content (AvgIpc) is 3.10. The van der Waals surface area contributed by atoms with Crippen LogP contribution in [0.2, 0.25) is 0 Å². The van der Waals surface area contributed by atoms with Crippen molar-refractivity contribution < 1.29 is 28.3 Å². The number of rotatable bonds is 7. The maximum atomic E-state index is 12.3. The molecule has 2 amide bonds. The Balaban J connectivity index is 1.56. The molecule has 2 N–H and O–H groups in total. The predicted molar refractivity (Wildman–Crippen MR) is 111 cm³/mol. The highest BCUT2D eigenvalue weighted by Crippen LogP contribution is 2.26. The van der Waals surface area contributed by atoms with Crippen LogP contribution < -0.4 is 15.4 Å². The third kappa shape index (κ3) is 5.16. The molecule has 0 fully saturated rings. The van der Waals surface area contributed by atoms with Gasteiger partial charge in [-0.3, -0.25) is 14.4 Å². The highest BCUT2D eigenvalue weighted by Gasteiger charge is 2.20. The molecule has 156 valence electrons. The van der Waals surface area contributed by atoms with Gasteiger partial charge in [0.05, 0.1) is 19.8 Å². The van der Waals surface area contributed by atoms with Crippen molar-refractivity contribution in [3.63, 3.8) is 0 Å². The first kappa shape index (κ1) is 20.9. The monoisotopic (exact) mass is 410 g/mol. The number of anilines is 2. The Morgan fingerprint density at radius 2 is 1.70 bits per heavy atom. The molecule has 0 radical (unpaired) electrons. The van der Waals surface area contributed by atoms with Crippen molar-refractivity contribution in [2.45, 2.75) is 26.4 Å². The number of benzene rings is 2. The van der Waals surface area contributed by atoms with Gasteiger partial charge in [0, 0.05) is 35.3 Å². The van der Waals surface area contributed by atoms with E-state index in [2.05, 4.69) is 10.6 Å². The number of furan rings is 1. The lowest BCUT2D eigenvalue weighted by Gasteiger charge is -2.13. The summed E-state index contributed by atoms with van der Waals surface area (Å²) >= 11 is 0. The zero-order valence-electron chi connectivity index (χ0n) is 16.9. The third-order valence-corrected chi connectivity index (χ3v) is 4.35. The van der Waals surface area contributed by atoms with E-state index in [0.717, 1.165) is 5.39 Å². The van der Waals surface area contributed by atoms with E-state index in [-0.39, 0.29) is 12.3 Å². The number of hydrogen-bond donors (Lipinski definition) is 2. The molecule has 1 aromatic heterocycles. The number of amides is 2. The summed E-state index contributed by atoms with van der Waals surface area (Å²) < 4.78 is 15.9. The number of carbonyl (C=O) groups is 3. The summed E-state index contributed by atoms with van der Waals surface area (Å²) in [6.45, 7) is 2.91. The Hall–Kier alpha value is -3.81. The molecule has 3 aromatic rings. The average molecular weight is 410 g/mol. The third-order valence-electron chi connectivity index (χ3n) is 4.35. The van der Waals surface area contributed by atoms with Crippen molar-refractivity contribution in [3.8, 4) is 5.75 Å². The van der Waals surface area contributed by atoms with Gasteiger partial charge < -0.3 is 24.5 Å². The SMILES string of the molecule is COc1ccc2c(CC(=O)O[C@@H](C)C(=O)Nc3ccc(NC(C)=O)cc3)coc2c1. The maximum Gasteiger partial charge on any atom is 0.311 e. The molecule has 30 heavy (non-hydrogen) atoms. The van der Waals surface area contributed by atoms with E-state index < -0.39 is 18.0 Å². The lowest BCUT2D eigenvalue weighted by Crippen LogP contribution is -2.30. The van der Waals surface area contributed by atoms with Gasteiger partial charge in [0.1, 0.15) is 11.3 Å². The Labute approximate surface area is 173 Å². The Morgan fingerprint density at radius 3 is 2.33 bits per heavy atom. The Bertz CT molecular complexity index is 1070. The van der Waals surface area contributed by atoms with Gasteiger partial charge in [0.25, 0.3) is 5.91 Å². The smallest absolute Gasteiger partial charge is 0.311 e. The lowest BCUT2D eigenvalue weighted by molar-refractivity contribution is -0.152. The normalized spacial score (nSPS) is 11.6. The molecule has 0 aliphatic heterocycles. The number of ether oxygens (including phenoxy) is 2. The molecule has 0 saturated heterocycles. The maximum absolute atomic E-state index is 12.3. The number of esters is 1. The zero-order chi connectivity index (χ0) is 21.7. The first-order chi connectivity index (χ1) is 14.4. The van der Waals surface area contributed by atoms with Crippen LogP contribution in [0, 0.1) is 0 Å². The van der Waals surface area contributed by atoms with Gasteiger partial charge in [-0.25, -0.2) is 0 Å². The fraction of sp³-hybridized carbons (Fsp3) is 0.227. The fourth-order valence-corrected chi connectivity index (χ4v) is 2.86. The molecule has 0 saturated carbocycles. The van der Waals surface area contributed by atoms with Crippen LogP contribution in [0.3, 0.4) is 0 Å². The summed E-state index contributed by atoms with van der Waals surface area (Å²) in [7, 11) is 1.56. The molecule has 2 aromatic carbocycles. The summed E-state index contributed by atoms with van der Waals surface area (Å²) in [5.74, 6) is -0.534. The molecule has 1 atom stereocenters. The minimum absolute atomic E-state index is 0.0254. The van der Waals surface area contributed by atoms with Crippen LogP contribution in [0.5, 0.6) is 5.75 Å². The highest BCUT2D eigenvalue weighted by molar-refractivity contribution is 5.96. The van der Waals surface area contributed by atoms with Crippen LogP contribution in [0.25, 0.3) is 11.0 Å². The van der Waals surface area contributed by atoms with E-state index in [0.29, 0.717) is 28.3 Å². The number of fused-ring (bicyclic) bond motifs is 1. The number of hydrogen-bond acceptors (Lipinski definition) is 6. The van der Waals surface area contributed by atoms with Crippen LogP contribution >= 0.6 is 0 Å². The summed E-state index contributed by atoms with van der Waals surface area (Å²) in [5, 5.41) is 6.09. The quantitative estimate of drug-likeness (QED) is 0.577. The molecular formula is C22H22N2O6. The zero-order valence-corrected chi connectivity index (χ0v) is 16.9. The van der Waals surface area contributed by atoms with Crippen molar-refractivity contribution >= 4 is 40.1 Å². The second kappa shape index (κ2) is 9.13. The van der Waals surface area contributed by atoms with Crippen LogP contribution in [0.15, 0.2) is 53.1 Å². The van der Waals surface area contributed by atoms with Crippen molar-refractivity contribution in [2.24, 2.45) is 0 Å². The largest absolute Gasteiger partial charge is 0.497 e. The standard InChI is InChI=1S/C22H22N2O6/c1-13(22(27)24-17-6-4-16(5-7-17)23-14(2)25)30-21(26)10-15-12-29-20-11-18(28-3)8-9-19(15)20/h4-9,11-13H,10H2,1-3H3,(H,23,25)(H,24,27)/t13-/m0/s1. The fourth-order valence-electron chi connectivity index (χ4n) is 2.86. The Kier molecular flexibility index (Phi) is 6.36. The van der Waals surface area contributed by atoms with E-state index in [4.69, 9.17) is 13.9 Å². The Morgan fingerprint density at radius 1 is 1.03 bits per heavy atom. The minimum atomic E-state index is -0.981. The molecule has 8 nitrogen and oxygen atoms in total. The predicted octanol–water partition coefficient (Wildman–Crippen LogP) is 3.51. The summed E-state index contributed by atoms with van der Waals surface area (Å²) in [4.78, 5) is 35.6. The van der Waals surface area contributed by atoms with E-state index in [9.17, 15) is 14.4 Å². The highest BCUT2D eigenvalue weighted by atomic mass is 16.5. The van der Waals surface area contributed by atoms with E-state index in [1.54, 1.807) is 49.6 Å². The molecule has 0 aliphatic carbocycles. The second-order valence-electron chi connectivity index (χ2n) is 6.68. The topological polar surface area (TPSA) is 107 Å². The first-order valence-electron chi connectivity index (χ1n) is 9.28. The first-order valence-corrected chi connectivity index (χ1v) is 9.28. The van der Waals surface area contributed by atoms with Gasteiger partial charge in [-0.05, 0) is 43.3 Å². The van der Waals surface area contributed by atoms with Crippen LogP contribution in [-0.4, -0.2) is 31.0 Å². The van der Waals surface area contributed by atoms with Gasteiger partial charge in [-0.1, -0.05) is 0 Å². The molecule has 1 heterocycles. The minimum Gasteiger partial charge on any atom is -0.497 e. The molecule has 0 spiro atoms. The van der Waals surface area contributed by atoms with Crippen molar-refractivity contribution in [2.75, 3.05) is 17.7 Å². The van der Waals surface area contributed by atoms with Gasteiger partial charge in [0.2, 0.25) is 5.91 Å². The van der Waals surface area contributed by atoms with Crippen molar-refractivity contribution in [1.29, 1.82) is 0 Å². The van der Waals surface area contributed by atoms with E-state index in [1.165, 1.54) is 20.1 Å². The summed E-state index contributed by atoms with van der Waals surface area (Å²) in [6.07, 6.45) is 0.487. The summed E-state index contributed by atoms with van der Waals surface area (Å²) in [6, 6.07) is 11.9. The molecule has 0 bridgehead atoms. The number of carbonyl (C=O) groups excluding carboxylic acids is 3. The molecular weight excluding hydrogens is 388 g/mol. The molecule has 0 unspecified atom stereocenters. The van der Waals surface area contributed by atoms with E-state index in [1.807, 2.05) is 0 Å². The molecule has 3 rings (SSSR count). The summed E-state index contributed by atoms with van der Waals surface area (Å²) in [5.41, 5.74) is 2.40. The van der Waals surface area contributed by atoms with Crippen LogP contribution in [0.4, 0.5) is 11.4 Å². The molecule has 8 heteroatoms. The van der Waals surface area contributed by atoms with E-state index >= 15 is 0 Å². The van der Waals surface area contributed by atoms with Gasteiger partial charge in [-0.15, -0.1) is 0 Å². The van der Waals surface area contributed by atoms with Gasteiger partial charge >= 0.3 is 5.97 Å². The number of methoxy groups -OCH3 is 1. The van der Waals surface area contributed by atoms with Crippen LogP contribution in [-0.2, 0) is 25.5 Å². The second-order valence-corrected chi connectivity index (χ2v) is 6.68.